The minimum atomic E-state index is -0.514. The number of aliphatic hydroxyl groups is 1. The van der Waals surface area contributed by atoms with Gasteiger partial charge in [-0.15, -0.1) is 0 Å². The van der Waals surface area contributed by atoms with Crippen molar-refractivity contribution >= 4 is 0 Å². The lowest BCUT2D eigenvalue weighted by atomic mass is 9.63. The number of rotatable bonds is 7. The molecule has 3 unspecified atom stereocenters. The lowest BCUT2D eigenvalue weighted by molar-refractivity contribution is 0.0709. The first-order valence-electron chi connectivity index (χ1n) is 9.01. The van der Waals surface area contributed by atoms with Crippen LogP contribution >= 0.6 is 0 Å². The number of hydrogen-bond acceptors (Lipinski definition) is 4. The van der Waals surface area contributed by atoms with Crippen molar-refractivity contribution in [3.63, 3.8) is 0 Å². The first kappa shape index (κ1) is 19.2. The van der Waals surface area contributed by atoms with E-state index >= 15 is 0 Å². The Hall–Kier alpha value is -1.10. The second-order valence-corrected chi connectivity index (χ2v) is 8.73. The third kappa shape index (κ3) is 6.08. The summed E-state index contributed by atoms with van der Waals surface area (Å²) in [5.74, 6) is 0.806. The minimum absolute atomic E-state index is 0.193. The molecule has 1 aliphatic rings. The van der Waals surface area contributed by atoms with Crippen molar-refractivity contribution in [1.82, 2.24) is 5.32 Å². The van der Waals surface area contributed by atoms with Crippen LogP contribution in [-0.4, -0.2) is 36.9 Å². The van der Waals surface area contributed by atoms with Crippen LogP contribution in [0, 0.1) is 17.8 Å². The van der Waals surface area contributed by atoms with Crippen molar-refractivity contribution in [3.05, 3.63) is 29.8 Å². The predicted octanol–water partition coefficient (Wildman–Crippen LogP) is 2.87. The maximum absolute atomic E-state index is 10.1. The number of aryl methyl sites for hydroxylation is 1. The predicted molar refractivity (Wildman–Crippen MR) is 99.3 cm³/mol. The molecule has 0 amide bonds. The van der Waals surface area contributed by atoms with Crippen LogP contribution < -0.4 is 15.8 Å². The van der Waals surface area contributed by atoms with Crippen LogP contribution in [0.5, 0.6) is 5.75 Å². The first-order chi connectivity index (χ1) is 11.2. The number of benzene rings is 1. The normalized spacial score (nSPS) is 27.7. The summed E-state index contributed by atoms with van der Waals surface area (Å²) in [7, 11) is 0. The summed E-state index contributed by atoms with van der Waals surface area (Å²) in [4.78, 5) is 0. The van der Waals surface area contributed by atoms with Crippen LogP contribution in [0.1, 0.15) is 45.6 Å². The molecule has 1 aromatic carbocycles. The van der Waals surface area contributed by atoms with Gasteiger partial charge in [-0.05, 0) is 54.7 Å². The zero-order valence-electron chi connectivity index (χ0n) is 15.6. The Morgan fingerprint density at radius 2 is 2.08 bits per heavy atom. The molecule has 0 heterocycles. The number of hydrogen-bond donors (Lipinski definition) is 3. The van der Waals surface area contributed by atoms with Gasteiger partial charge in [-0.3, -0.25) is 0 Å². The van der Waals surface area contributed by atoms with Crippen LogP contribution in [0.2, 0.25) is 0 Å². The summed E-state index contributed by atoms with van der Waals surface area (Å²) in [6.45, 7) is 10.7. The van der Waals surface area contributed by atoms with E-state index in [1.807, 2.05) is 31.2 Å². The number of nitrogens with two attached hydrogens (primary N) is 1. The Morgan fingerprint density at radius 3 is 2.75 bits per heavy atom. The fourth-order valence-electron chi connectivity index (χ4n) is 4.35. The number of aliphatic hydroxyl groups excluding tert-OH is 1. The molecule has 4 N–H and O–H groups in total. The van der Waals surface area contributed by atoms with Gasteiger partial charge in [-0.1, -0.05) is 32.9 Å². The topological polar surface area (TPSA) is 67.5 Å². The van der Waals surface area contributed by atoms with Crippen LogP contribution in [0.4, 0.5) is 0 Å². The van der Waals surface area contributed by atoms with E-state index in [1.54, 1.807) is 0 Å². The van der Waals surface area contributed by atoms with Crippen molar-refractivity contribution in [1.29, 1.82) is 0 Å². The molecule has 136 valence electrons. The van der Waals surface area contributed by atoms with Gasteiger partial charge in [-0.2, -0.15) is 0 Å². The van der Waals surface area contributed by atoms with Gasteiger partial charge >= 0.3 is 0 Å². The monoisotopic (exact) mass is 334 g/mol. The smallest absolute Gasteiger partial charge is 0.119 e. The summed E-state index contributed by atoms with van der Waals surface area (Å²) >= 11 is 0. The summed E-state index contributed by atoms with van der Waals surface area (Å²) in [6, 6.07) is 8.16. The Bertz CT molecular complexity index is 532. The van der Waals surface area contributed by atoms with Crippen LogP contribution in [0.3, 0.4) is 0 Å². The van der Waals surface area contributed by atoms with Crippen molar-refractivity contribution in [2.45, 2.75) is 59.1 Å². The van der Waals surface area contributed by atoms with E-state index in [4.69, 9.17) is 10.5 Å². The van der Waals surface area contributed by atoms with Crippen LogP contribution in [0.25, 0.3) is 0 Å². The van der Waals surface area contributed by atoms with E-state index in [1.165, 1.54) is 0 Å². The van der Waals surface area contributed by atoms with E-state index in [0.717, 1.165) is 37.1 Å². The average molecular weight is 335 g/mol. The van der Waals surface area contributed by atoms with Gasteiger partial charge in [0, 0.05) is 19.1 Å². The van der Waals surface area contributed by atoms with Gasteiger partial charge in [0.1, 0.15) is 18.5 Å². The highest BCUT2D eigenvalue weighted by atomic mass is 16.5. The highest BCUT2D eigenvalue weighted by molar-refractivity contribution is 5.27. The largest absolute Gasteiger partial charge is 0.491 e. The highest BCUT2D eigenvalue weighted by Crippen LogP contribution is 2.45. The summed E-state index contributed by atoms with van der Waals surface area (Å²) < 4.78 is 5.66. The molecule has 4 nitrogen and oxygen atoms in total. The zero-order chi connectivity index (χ0) is 17.8. The molecule has 0 aromatic heterocycles. The molecule has 0 bridgehead atoms. The van der Waals surface area contributed by atoms with Gasteiger partial charge in [-0.25, -0.2) is 0 Å². The fourth-order valence-corrected chi connectivity index (χ4v) is 4.35. The molecule has 3 atom stereocenters. The zero-order valence-corrected chi connectivity index (χ0v) is 15.6. The molecule has 1 fully saturated rings. The van der Waals surface area contributed by atoms with Gasteiger partial charge in [0.05, 0.1) is 0 Å². The van der Waals surface area contributed by atoms with E-state index in [2.05, 4.69) is 26.1 Å². The van der Waals surface area contributed by atoms with Crippen molar-refractivity contribution < 1.29 is 9.84 Å². The molecular weight excluding hydrogens is 300 g/mol. The molecule has 2 rings (SSSR count). The second kappa shape index (κ2) is 7.85. The van der Waals surface area contributed by atoms with Crippen molar-refractivity contribution in [2.75, 3.05) is 19.7 Å². The van der Waals surface area contributed by atoms with E-state index in [0.29, 0.717) is 18.6 Å². The molecule has 1 aromatic rings. The lowest BCUT2D eigenvalue weighted by Crippen LogP contribution is -2.47. The molecule has 1 saturated carbocycles. The Morgan fingerprint density at radius 1 is 1.33 bits per heavy atom. The number of ether oxygens (including phenoxy) is 1. The SMILES string of the molecule is Cc1cccc(OCC(O)CNCC2(C)CC(N)CC(C)(C)C2)c1. The van der Waals surface area contributed by atoms with Gasteiger partial charge in [0.15, 0.2) is 0 Å². The Kier molecular flexibility index (Phi) is 6.29. The van der Waals surface area contributed by atoms with Gasteiger partial charge < -0.3 is 20.9 Å². The maximum Gasteiger partial charge on any atom is 0.119 e. The quantitative estimate of drug-likeness (QED) is 0.717. The summed E-state index contributed by atoms with van der Waals surface area (Å²) in [5.41, 5.74) is 7.89. The molecular formula is C20H34N2O2. The van der Waals surface area contributed by atoms with Crippen LogP contribution in [0.15, 0.2) is 24.3 Å². The Labute approximate surface area is 146 Å². The van der Waals surface area contributed by atoms with Crippen molar-refractivity contribution in [2.24, 2.45) is 16.6 Å². The minimum Gasteiger partial charge on any atom is -0.491 e. The maximum atomic E-state index is 10.1. The van der Waals surface area contributed by atoms with Gasteiger partial charge in [0.25, 0.3) is 0 Å². The van der Waals surface area contributed by atoms with E-state index in [9.17, 15) is 5.11 Å². The Balaban J connectivity index is 1.73. The third-order valence-corrected chi connectivity index (χ3v) is 4.84. The number of nitrogens with one attached hydrogen (secondary N) is 1. The summed E-state index contributed by atoms with van der Waals surface area (Å²) in [5, 5.41) is 13.6. The first-order valence-corrected chi connectivity index (χ1v) is 9.01. The standard InChI is InChI=1S/C20H34N2O2/c1-15-6-5-7-18(8-15)24-12-17(23)11-22-14-20(4)10-16(21)9-19(2,3)13-20/h5-8,16-17,22-23H,9-14,21H2,1-4H3. The molecule has 0 radical (unpaired) electrons. The lowest BCUT2D eigenvalue weighted by Gasteiger charge is -2.46. The van der Waals surface area contributed by atoms with E-state index < -0.39 is 6.10 Å². The molecule has 24 heavy (non-hydrogen) atoms. The molecule has 4 heteroatoms. The molecule has 1 aliphatic carbocycles. The molecule has 0 saturated heterocycles. The van der Waals surface area contributed by atoms with E-state index in [-0.39, 0.29) is 11.5 Å². The fraction of sp³-hybridized carbons (Fsp3) is 0.700. The third-order valence-electron chi connectivity index (χ3n) is 4.84. The van der Waals surface area contributed by atoms with Crippen molar-refractivity contribution in [3.8, 4) is 5.75 Å². The van der Waals surface area contributed by atoms with Crippen LogP contribution in [-0.2, 0) is 0 Å². The average Bonchev–Trinajstić information content (AvgIpc) is 2.42. The highest BCUT2D eigenvalue weighted by Gasteiger charge is 2.39. The molecule has 0 spiro atoms. The van der Waals surface area contributed by atoms with Gasteiger partial charge in [0.2, 0.25) is 0 Å². The second-order valence-electron chi connectivity index (χ2n) is 8.73. The molecule has 0 aliphatic heterocycles. The summed E-state index contributed by atoms with van der Waals surface area (Å²) in [6.07, 6.45) is 2.78.